The van der Waals surface area contributed by atoms with Crippen molar-refractivity contribution in [2.75, 3.05) is 13.1 Å². The Hall–Kier alpha value is -0.900. The van der Waals surface area contributed by atoms with E-state index in [0.717, 1.165) is 25.1 Å². The molecule has 0 radical (unpaired) electrons. The van der Waals surface area contributed by atoms with Crippen LogP contribution in [-0.2, 0) is 13.5 Å². The molecule has 0 amide bonds. The Kier molecular flexibility index (Phi) is 3.05. The van der Waals surface area contributed by atoms with Gasteiger partial charge in [0.05, 0.1) is 6.20 Å². The van der Waals surface area contributed by atoms with Crippen molar-refractivity contribution in [3.8, 4) is 0 Å². The maximum Gasteiger partial charge on any atom is 0.116 e. The second kappa shape index (κ2) is 4.31. The Morgan fingerprint density at radius 2 is 2.40 bits per heavy atom. The van der Waals surface area contributed by atoms with E-state index in [4.69, 9.17) is 0 Å². The molecule has 1 saturated heterocycles. The molecule has 0 aromatic carbocycles. The Morgan fingerprint density at radius 3 is 3.13 bits per heavy atom. The maximum absolute atomic E-state index is 14.5. The largest absolute Gasteiger partial charge is 0.317 e. The van der Waals surface area contributed by atoms with Crippen LogP contribution >= 0.6 is 0 Å². The SMILES string of the molecule is Cn1cc(CC2(F)CCCNCC2)cn1. The molecule has 1 fully saturated rings. The van der Waals surface area contributed by atoms with Crippen molar-refractivity contribution in [2.24, 2.45) is 7.05 Å². The molecule has 1 unspecified atom stereocenters. The molecule has 1 aliphatic rings. The van der Waals surface area contributed by atoms with Gasteiger partial charge in [-0.25, -0.2) is 4.39 Å². The zero-order chi connectivity index (χ0) is 10.7. The molecule has 0 saturated carbocycles. The van der Waals surface area contributed by atoms with E-state index in [-0.39, 0.29) is 0 Å². The standard InChI is InChI=1S/C11H18FN3/c1-15-9-10(8-14-15)7-11(12)3-2-5-13-6-4-11/h8-9,13H,2-7H2,1H3. The van der Waals surface area contributed by atoms with Gasteiger partial charge >= 0.3 is 0 Å². The third-order valence-electron chi connectivity index (χ3n) is 3.01. The molecule has 84 valence electrons. The fourth-order valence-corrected chi connectivity index (χ4v) is 2.20. The summed E-state index contributed by atoms with van der Waals surface area (Å²) >= 11 is 0. The molecule has 2 heterocycles. The first-order valence-corrected chi connectivity index (χ1v) is 5.55. The number of nitrogens with one attached hydrogen (secondary N) is 1. The molecule has 1 aromatic heterocycles. The molecule has 0 aliphatic carbocycles. The summed E-state index contributed by atoms with van der Waals surface area (Å²) in [4.78, 5) is 0. The number of rotatable bonds is 2. The van der Waals surface area contributed by atoms with Crippen LogP contribution in [0.5, 0.6) is 0 Å². The number of hydrogen-bond donors (Lipinski definition) is 1. The average Bonchev–Trinajstić information content (AvgIpc) is 2.46. The molecule has 0 spiro atoms. The highest BCUT2D eigenvalue weighted by Gasteiger charge is 2.30. The summed E-state index contributed by atoms with van der Waals surface area (Å²) in [7, 11) is 1.86. The topological polar surface area (TPSA) is 29.9 Å². The minimum Gasteiger partial charge on any atom is -0.317 e. The highest BCUT2D eigenvalue weighted by atomic mass is 19.1. The Labute approximate surface area is 89.7 Å². The van der Waals surface area contributed by atoms with Crippen molar-refractivity contribution in [1.29, 1.82) is 0 Å². The molecule has 1 aromatic rings. The van der Waals surface area contributed by atoms with Crippen molar-refractivity contribution in [2.45, 2.75) is 31.4 Å². The lowest BCUT2D eigenvalue weighted by molar-refractivity contribution is 0.144. The van der Waals surface area contributed by atoms with Crippen LogP contribution in [0.25, 0.3) is 0 Å². The second-order valence-electron chi connectivity index (χ2n) is 4.45. The first kappa shape index (κ1) is 10.6. The van der Waals surface area contributed by atoms with Crippen molar-refractivity contribution in [3.63, 3.8) is 0 Å². The van der Waals surface area contributed by atoms with Crippen LogP contribution in [0.3, 0.4) is 0 Å². The third kappa shape index (κ3) is 2.78. The molecule has 1 N–H and O–H groups in total. The molecule has 0 bridgehead atoms. The quantitative estimate of drug-likeness (QED) is 0.802. The van der Waals surface area contributed by atoms with E-state index in [2.05, 4.69) is 10.4 Å². The van der Waals surface area contributed by atoms with E-state index < -0.39 is 5.67 Å². The van der Waals surface area contributed by atoms with Gasteiger partial charge in [0.15, 0.2) is 0 Å². The van der Waals surface area contributed by atoms with Crippen LogP contribution in [0, 0.1) is 0 Å². The van der Waals surface area contributed by atoms with Crippen LogP contribution in [0.1, 0.15) is 24.8 Å². The van der Waals surface area contributed by atoms with Gasteiger partial charge in [-0.05, 0) is 37.9 Å². The summed E-state index contributed by atoms with van der Waals surface area (Å²) in [5, 5.41) is 7.30. The smallest absolute Gasteiger partial charge is 0.116 e. The first-order chi connectivity index (χ1) is 7.18. The molecular weight excluding hydrogens is 193 g/mol. The number of aryl methyl sites for hydroxylation is 1. The van der Waals surface area contributed by atoms with Gasteiger partial charge in [0.1, 0.15) is 5.67 Å². The number of halogens is 1. The summed E-state index contributed by atoms with van der Waals surface area (Å²) in [6, 6.07) is 0. The average molecular weight is 211 g/mol. The number of alkyl halides is 1. The van der Waals surface area contributed by atoms with Gasteiger partial charge in [-0.15, -0.1) is 0 Å². The summed E-state index contributed by atoms with van der Waals surface area (Å²) in [6.07, 6.45) is 6.37. The van der Waals surface area contributed by atoms with Crippen LogP contribution in [0.2, 0.25) is 0 Å². The second-order valence-corrected chi connectivity index (χ2v) is 4.45. The summed E-state index contributed by atoms with van der Waals surface area (Å²) in [5.41, 5.74) is -0.0334. The minimum absolute atomic E-state index is 0.502. The zero-order valence-electron chi connectivity index (χ0n) is 9.17. The van der Waals surface area contributed by atoms with Crippen molar-refractivity contribution in [1.82, 2.24) is 15.1 Å². The van der Waals surface area contributed by atoms with Crippen molar-refractivity contribution < 1.29 is 4.39 Å². The van der Waals surface area contributed by atoms with Crippen LogP contribution in [0.15, 0.2) is 12.4 Å². The van der Waals surface area contributed by atoms with Gasteiger partial charge in [-0.2, -0.15) is 5.10 Å². The Bertz CT molecular complexity index is 313. The van der Waals surface area contributed by atoms with E-state index >= 15 is 0 Å². The summed E-state index contributed by atoms with van der Waals surface area (Å²) < 4.78 is 16.2. The van der Waals surface area contributed by atoms with Gasteiger partial charge < -0.3 is 5.32 Å². The van der Waals surface area contributed by atoms with Gasteiger partial charge in [-0.3, -0.25) is 4.68 Å². The molecule has 4 heteroatoms. The lowest BCUT2D eigenvalue weighted by Crippen LogP contribution is -2.27. The lowest BCUT2D eigenvalue weighted by atomic mass is 9.91. The predicted molar refractivity (Wildman–Crippen MR) is 57.5 cm³/mol. The van der Waals surface area contributed by atoms with E-state index in [1.807, 2.05) is 13.2 Å². The monoisotopic (exact) mass is 211 g/mol. The maximum atomic E-state index is 14.5. The van der Waals surface area contributed by atoms with E-state index in [1.165, 1.54) is 0 Å². The normalized spacial score (nSPS) is 27.6. The predicted octanol–water partition coefficient (Wildman–Crippen LogP) is 1.44. The minimum atomic E-state index is -1.04. The highest BCUT2D eigenvalue weighted by Crippen LogP contribution is 2.28. The van der Waals surface area contributed by atoms with E-state index in [1.54, 1.807) is 10.9 Å². The fraction of sp³-hybridized carbons (Fsp3) is 0.727. The van der Waals surface area contributed by atoms with Gasteiger partial charge in [0.25, 0.3) is 0 Å². The van der Waals surface area contributed by atoms with Gasteiger partial charge in [0, 0.05) is 19.7 Å². The summed E-state index contributed by atoms with van der Waals surface area (Å²) in [5.74, 6) is 0. The highest BCUT2D eigenvalue weighted by molar-refractivity contribution is 5.08. The number of hydrogen-bond acceptors (Lipinski definition) is 2. The fourth-order valence-electron chi connectivity index (χ4n) is 2.20. The van der Waals surface area contributed by atoms with E-state index in [0.29, 0.717) is 19.3 Å². The number of aromatic nitrogens is 2. The van der Waals surface area contributed by atoms with Gasteiger partial charge in [0.2, 0.25) is 0 Å². The first-order valence-electron chi connectivity index (χ1n) is 5.55. The van der Waals surface area contributed by atoms with Crippen LogP contribution in [-0.4, -0.2) is 28.5 Å². The van der Waals surface area contributed by atoms with Crippen molar-refractivity contribution >= 4 is 0 Å². The van der Waals surface area contributed by atoms with Gasteiger partial charge in [-0.1, -0.05) is 0 Å². The van der Waals surface area contributed by atoms with Crippen molar-refractivity contribution in [3.05, 3.63) is 18.0 Å². The molecule has 2 rings (SSSR count). The molecule has 1 aliphatic heterocycles. The molecule has 1 atom stereocenters. The summed E-state index contributed by atoms with van der Waals surface area (Å²) in [6.45, 7) is 1.73. The number of nitrogens with zero attached hydrogens (tertiary/aromatic N) is 2. The zero-order valence-corrected chi connectivity index (χ0v) is 9.17. The molecule has 15 heavy (non-hydrogen) atoms. The lowest BCUT2D eigenvalue weighted by Gasteiger charge is -2.22. The van der Waals surface area contributed by atoms with E-state index in [9.17, 15) is 4.39 Å². The Balaban J connectivity index is 2.02. The molecule has 3 nitrogen and oxygen atoms in total. The third-order valence-corrected chi connectivity index (χ3v) is 3.01. The molecular formula is C11H18FN3. The Morgan fingerprint density at radius 1 is 1.53 bits per heavy atom. The van der Waals surface area contributed by atoms with Crippen LogP contribution < -0.4 is 5.32 Å². The van der Waals surface area contributed by atoms with Crippen LogP contribution in [0.4, 0.5) is 4.39 Å².